The van der Waals surface area contributed by atoms with Crippen LogP contribution in [0.5, 0.6) is 0 Å². The third kappa shape index (κ3) is 2.85. The van der Waals surface area contributed by atoms with Gasteiger partial charge in [-0.25, -0.2) is 0 Å². The Hall–Kier alpha value is -0.0800. The summed E-state index contributed by atoms with van der Waals surface area (Å²) in [5.41, 5.74) is 0.453. The van der Waals surface area contributed by atoms with E-state index in [2.05, 4.69) is 31.2 Å². The Balaban J connectivity index is 2.10. The number of likely N-dealkylation sites (N-methyl/N-ethyl adjacent to an activating group) is 1. The van der Waals surface area contributed by atoms with Crippen LogP contribution in [0.15, 0.2) is 0 Å². The zero-order valence-electron chi connectivity index (χ0n) is 12.0. The van der Waals surface area contributed by atoms with Crippen molar-refractivity contribution in [3.8, 4) is 0 Å². The normalized spacial score (nSPS) is 26.1. The lowest BCUT2D eigenvalue weighted by Crippen LogP contribution is -2.61. The van der Waals surface area contributed by atoms with Crippen molar-refractivity contribution in [3.05, 3.63) is 0 Å². The molecule has 0 aromatic carbocycles. The van der Waals surface area contributed by atoms with Gasteiger partial charge in [0, 0.05) is 11.6 Å². The molecule has 1 atom stereocenters. The van der Waals surface area contributed by atoms with Crippen molar-refractivity contribution in [3.63, 3.8) is 0 Å². The summed E-state index contributed by atoms with van der Waals surface area (Å²) in [5.74, 6) is 0.960. The first kappa shape index (κ1) is 13.4. The molecule has 1 unspecified atom stereocenters. The van der Waals surface area contributed by atoms with Gasteiger partial charge in [-0.15, -0.1) is 0 Å². The van der Waals surface area contributed by atoms with E-state index >= 15 is 0 Å². The lowest BCUT2D eigenvalue weighted by molar-refractivity contribution is 0.0482. The largest absolute Gasteiger partial charge is 0.312 e. The van der Waals surface area contributed by atoms with Crippen LogP contribution in [-0.4, -0.2) is 37.1 Å². The Labute approximate surface area is 107 Å². The average molecular weight is 238 g/mol. The molecule has 0 saturated heterocycles. The topological polar surface area (TPSA) is 15.3 Å². The third-order valence-corrected chi connectivity index (χ3v) is 4.90. The molecule has 2 fully saturated rings. The predicted octanol–water partition coefficient (Wildman–Crippen LogP) is 3.03. The lowest BCUT2D eigenvalue weighted by atomic mass is 9.73. The van der Waals surface area contributed by atoms with E-state index in [1.165, 1.54) is 57.9 Å². The highest BCUT2D eigenvalue weighted by Crippen LogP contribution is 2.44. The van der Waals surface area contributed by atoms with E-state index in [0.29, 0.717) is 5.54 Å². The van der Waals surface area contributed by atoms with Crippen molar-refractivity contribution in [2.45, 2.75) is 69.9 Å². The van der Waals surface area contributed by atoms with Crippen LogP contribution < -0.4 is 5.32 Å². The Morgan fingerprint density at radius 1 is 1.18 bits per heavy atom. The molecule has 0 aromatic heterocycles. The monoisotopic (exact) mass is 238 g/mol. The van der Waals surface area contributed by atoms with Crippen LogP contribution in [0.2, 0.25) is 0 Å². The van der Waals surface area contributed by atoms with Crippen LogP contribution in [0.1, 0.15) is 58.3 Å². The van der Waals surface area contributed by atoms with Crippen LogP contribution in [0, 0.1) is 5.92 Å². The maximum absolute atomic E-state index is 3.88. The first-order valence-electron chi connectivity index (χ1n) is 7.61. The fourth-order valence-corrected chi connectivity index (χ4v) is 3.73. The molecule has 2 nitrogen and oxygen atoms in total. The molecule has 0 aliphatic heterocycles. The fraction of sp³-hybridized carbons (Fsp3) is 1.00. The molecule has 2 saturated carbocycles. The number of nitrogens with one attached hydrogen (secondary N) is 1. The van der Waals surface area contributed by atoms with E-state index in [9.17, 15) is 0 Å². The highest BCUT2D eigenvalue weighted by molar-refractivity contribution is 5.06. The Morgan fingerprint density at radius 2 is 1.82 bits per heavy atom. The maximum atomic E-state index is 3.88. The smallest absolute Gasteiger partial charge is 0.0359 e. The zero-order chi connectivity index (χ0) is 12.3. The number of hydrogen-bond acceptors (Lipinski definition) is 2. The van der Waals surface area contributed by atoms with Gasteiger partial charge in [-0.1, -0.05) is 26.2 Å². The fourth-order valence-electron chi connectivity index (χ4n) is 3.73. The highest BCUT2D eigenvalue weighted by Gasteiger charge is 2.47. The summed E-state index contributed by atoms with van der Waals surface area (Å²) < 4.78 is 0. The molecular weight excluding hydrogens is 208 g/mol. The van der Waals surface area contributed by atoms with Crippen LogP contribution in [0.25, 0.3) is 0 Å². The molecule has 0 amide bonds. The van der Waals surface area contributed by atoms with E-state index in [0.717, 1.165) is 12.0 Å². The van der Waals surface area contributed by atoms with Crippen molar-refractivity contribution in [1.82, 2.24) is 10.2 Å². The van der Waals surface area contributed by atoms with Gasteiger partial charge in [-0.2, -0.15) is 0 Å². The van der Waals surface area contributed by atoms with E-state index in [1.54, 1.807) is 0 Å². The van der Waals surface area contributed by atoms with Crippen molar-refractivity contribution < 1.29 is 0 Å². The lowest BCUT2D eigenvalue weighted by Gasteiger charge is -2.49. The second-order valence-electron chi connectivity index (χ2n) is 6.33. The van der Waals surface area contributed by atoms with Gasteiger partial charge < -0.3 is 10.2 Å². The summed E-state index contributed by atoms with van der Waals surface area (Å²) >= 11 is 0. The van der Waals surface area contributed by atoms with E-state index < -0.39 is 0 Å². The second kappa shape index (κ2) is 5.71. The molecule has 1 N–H and O–H groups in total. The summed E-state index contributed by atoms with van der Waals surface area (Å²) in [6.45, 7) is 3.47. The molecule has 2 rings (SSSR count). The Kier molecular flexibility index (Phi) is 4.48. The van der Waals surface area contributed by atoms with Gasteiger partial charge in [0.25, 0.3) is 0 Å². The van der Waals surface area contributed by atoms with E-state index in [-0.39, 0.29) is 0 Å². The van der Waals surface area contributed by atoms with E-state index in [1.807, 2.05) is 0 Å². The highest BCUT2D eigenvalue weighted by atomic mass is 15.2. The minimum atomic E-state index is 0.453. The molecule has 0 spiro atoms. The SMILES string of the molecule is CCCNC(C1CC1)C1(N(C)C)CCCCC1. The molecule has 100 valence electrons. The van der Waals surface area contributed by atoms with Crippen LogP contribution >= 0.6 is 0 Å². The molecule has 2 aliphatic carbocycles. The summed E-state index contributed by atoms with van der Waals surface area (Å²) in [7, 11) is 4.60. The summed E-state index contributed by atoms with van der Waals surface area (Å²) in [5, 5.41) is 3.88. The first-order chi connectivity index (χ1) is 8.20. The van der Waals surface area contributed by atoms with Crippen LogP contribution in [0.3, 0.4) is 0 Å². The predicted molar refractivity (Wildman–Crippen MR) is 74.3 cm³/mol. The van der Waals surface area contributed by atoms with Crippen LogP contribution in [0.4, 0.5) is 0 Å². The minimum Gasteiger partial charge on any atom is -0.312 e. The number of nitrogens with zero attached hydrogens (tertiary/aromatic N) is 1. The summed E-state index contributed by atoms with van der Waals surface area (Å²) in [6, 6.07) is 0.748. The minimum absolute atomic E-state index is 0.453. The molecular formula is C15H30N2. The van der Waals surface area contributed by atoms with Gasteiger partial charge in [-0.05, 0) is 58.7 Å². The standard InChI is InChI=1S/C15H30N2/c1-4-12-16-14(13-8-9-13)15(17(2)3)10-6-5-7-11-15/h13-14,16H,4-12H2,1-3H3. The number of hydrogen-bond donors (Lipinski definition) is 1. The van der Waals surface area contributed by atoms with E-state index in [4.69, 9.17) is 0 Å². The maximum Gasteiger partial charge on any atom is 0.0359 e. The van der Waals surface area contributed by atoms with Gasteiger partial charge in [0.1, 0.15) is 0 Å². The van der Waals surface area contributed by atoms with Crippen molar-refractivity contribution in [2.24, 2.45) is 5.92 Å². The average Bonchev–Trinajstić information content (AvgIpc) is 3.15. The van der Waals surface area contributed by atoms with Gasteiger partial charge in [0.2, 0.25) is 0 Å². The first-order valence-corrected chi connectivity index (χ1v) is 7.61. The summed E-state index contributed by atoms with van der Waals surface area (Å²) in [6.07, 6.45) is 11.3. The van der Waals surface area contributed by atoms with Gasteiger partial charge >= 0.3 is 0 Å². The molecule has 17 heavy (non-hydrogen) atoms. The Morgan fingerprint density at radius 3 is 2.29 bits per heavy atom. The molecule has 0 bridgehead atoms. The molecule has 0 heterocycles. The Bertz CT molecular complexity index is 227. The zero-order valence-corrected chi connectivity index (χ0v) is 12.0. The summed E-state index contributed by atoms with van der Waals surface area (Å²) in [4.78, 5) is 2.54. The van der Waals surface area contributed by atoms with Crippen LogP contribution in [-0.2, 0) is 0 Å². The van der Waals surface area contributed by atoms with Gasteiger partial charge in [0.15, 0.2) is 0 Å². The molecule has 0 aromatic rings. The van der Waals surface area contributed by atoms with Crippen molar-refractivity contribution in [1.29, 1.82) is 0 Å². The van der Waals surface area contributed by atoms with Crippen molar-refractivity contribution in [2.75, 3.05) is 20.6 Å². The van der Waals surface area contributed by atoms with Gasteiger partial charge in [0.05, 0.1) is 0 Å². The quantitative estimate of drug-likeness (QED) is 0.765. The van der Waals surface area contributed by atoms with Gasteiger partial charge in [-0.3, -0.25) is 0 Å². The molecule has 2 aliphatic rings. The molecule has 2 heteroatoms. The third-order valence-electron chi connectivity index (χ3n) is 4.90. The van der Waals surface area contributed by atoms with Crippen molar-refractivity contribution >= 4 is 0 Å². The molecule has 0 radical (unpaired) electrons. The number of rotatable bonds is 6. The second-order valence-corrected chi connectivity index (χ2v) is 6.33.